The smallest absolute Gasteiger partial charge is 0.259 e. The lowest BCUT2D eigenvalue weighted by Crippen LogP contribution is -2.18. The molecular formula is C12H9BrClIN4O. The lowest BCUT2D eigenvalue weighted by atomic mass is 10.2. The van der Waals surface area contributed by atoms with Gasteiger partial charge in [0.2, 0.25) is 0 Å². The van der Waals surface area contributed by atoms with E-state index in [2.05, 4.69) is 54.2 Å². The molecule has 0 aliphatic carbocycles. The summed E-state index contributed by atoms with van der Waals surface area (Å²) in [5, 5.41) is 3.41. The number of carbonyl (C=O) groups excluding carboxylic acids is 1. The van der Waals surface area contributed by atoms with Crippen LogP contribution in [0.4, 0.5) is 11.5 Å². The SMILES string of the molecule is NNc1ncc(Br)cc1C(=O)Nc1ccc(Cl)cc1I. The van der Waals surface area contributed by atoms with Crippen molar-refractivity contribution in [3.05, 3.63) is 49.1 Å². The maximum Gasteiger partial charge on any atom is 0.259 e. The van der Waals surface area contributed by atoms with Gasteiger partial charge in [-0.15, -0.1) is 0 Å². The molecule has 4 N–H and O–H groups in total. The van der Waals surface area contributed by atoms with Crippen LogP contribution in [-0.2, 0) is 0 Å². The number of nitrogens with two attached hydrogens (primary N) is 1. The number of anilines is 2. The molecule has 8 heteroatoms. The van der Waals surface area contributed by atoms with Crippen molar-refractivity contribution in [2.45, 2.75) is 0 Å². The lowest BCUT2D eigenvalue weighted by molar-refractivity contribution is 0.102. The van der Waals surface area contributed by atoms with E-state index in [0.29, 0.717) is 26.6 Å². The third-order valence-corrected chi connectivity index (χ3v) is 3.98. The number of amides is 1. The van der Waals surface area contributed by atoms with E-state index < -0.39 is 0 Å². The van der Waals surface area contributed by atoms with Crippen molar-refractivity contribution in [1.29, 1.82) is 0 Å². The molecular weight excluding hydrogens is 458 g/mol. The van der Waals surface area contributed by atoms with E-state index >= 15 is 0 Å². The number of pyridine rings is 1. The van der Waals surface area contributed by atoms with Crippen LogP contribution in [0.1, 0.15) is 10.4 Å². The maximum atomic E-state index is 12.3. The molecule has 0 bridgehead atoms. The molecule has 5 nitrogen and oxygen atoms in total. The number of halogens is 3. The van der Waals surface area contributed by atoms with E-state index in [9.17, 15) is 4.79 Å². The standard InChI is InChI=1S/C12H9BrClIN4O/c13-6-3-8(11(19-16)17-5-6)12(20)18-10-2-1-7(14)4-9(10)15/h1-5H,16H2,(H,17,19)(H,18,20). The zero-order valence-corrected chi connectivity index (χ0v) is 14.5. The van der Waals surface area contributed by atoms with E-state index in [1.807, 2.05) is 0 Å². The summed E-state index contributed by atoms with van der Waals surface area (Å²) in [5.74, 6) is 5.34. The topological polar surface area (TPSA) is 80.0 Å². The van der Waals surface area contributed by atoms with Gasteiger partial charge in [-0.05, 0) is 62.8 Å². The number of hydrogen-bond acceptors (Lipinski definition) is 4. The molecule has 1 heterocycles. The van der Waals surface area contributed by atoms with Gasteiger partial charge < -0.3 is 10.7 Å². The number of nitrogens with zero attached hydrogens (tertiary/aromatic N) is 1. The predicted octanol–water partition coefficient (Wildman–Crippen LogP) is 3.64. The quantitative estimate of drug-likeness (QED) is 0.366. The number of benzene rings is 1. The summed E-state index contributed by atoms with van der Waals surface area (Å²) in [6, 6.07) is 6.85. The summed E-state index contributed by atoms with van der Waals surface area (Å²) < 4.78 is 1.53. The highest BCUT2D eigenvalue weighted by Crippen LogP contribution is 2.24. The minimum absolute atomic E-state index is 0.301. The van der Waals surface area contributed by atoms with E-state index in [1.165, 1.54) is 0 Å². The Morgan fingerprint density at radius 3 is 2.80 bits per heavy atom. The van der Waals surface area contributed by atoms with Gasteiger partial charge in [-0.25, -0.2) is 10.8 Å². The molecule has 1 aromatic heterocycles. The summed E-state index contributed by atoms with van der Waals surface area (Å²) >= 11 is 11.3. The fraction of sp³-hybridized carbons (Fsp3) is 0. The van der Waals surface area contributed by atoms with E-state index in [-0.39, 0.29) is 5.91 Å². The first kappa shape index (κ1) is 15.5. The van der Waals surface area contributed by atoms with Crippen LogP contribution in [0.2, 0.25) is 5.02 Å². The Morgan fingerprint density at radius 2 is 2.15 bits per heavy atom. The van der Waals surface area contributed by atoms with Crippen molar-refractivity contribution >= 4 is 67.5 Å². The highest BCUT2D eigenvalue weighted by Gasteiger charge is 2.14. The first-order chi connectivity index (χ1) is 9.51. The summed E-state index contributed by atoms with van der Waals surface area (Å²) in [6.07, 6.45) is 1.55. The van der Waals surface area contributed by atoms with Crippen LogP contribution in [0, 0.1) is 3.57 Å². The van der Waals surface area contributed by atoms with Gasteiger partial charge in [0.25, 0.3) is 5.91 Å². The fourth-order valence-corrected chi connectivity index (χ4v) is 2.85. The molecule has 2 aromatic rings. The number of hydrazine groups is 1. The Kier molecular flexibility index (Phi) is 5.19. The third-order valence-electron chi connectivity index (χ3n) is 2.42. The molecule has 0 spiro atoms. The van der Waals surface area contributed by atoms with Gasteiger partial charge in [-0.3, -0.25) is 4.79 Å². The molecule has 1 aromatic carbocycles. The van der Waals surface area contributed by atoms with Crippen LogP contribution in [0.3, 0.4) is 0 Å². The van der Waals surface area contributed by atoms with Gasteiger partial charge >= 0.3 is 0 Å². The average Bonchev–Trinajstić information content (AvgIpc) is 2.41. The third kappa shape index (κ3) is 3.60. The summed E-state index contributed by atoms with van der Waals surface area (Å²) in [7, 11) is 0. The van der Waals surface area contributed by atoms with Gasteiger partial charge in [0.05, 0.1) is 11.3 Å². The number of aromatic nitrogens is 1. The van der Waals surface area contributed by atoms with Gasteiger partial charge in [0, 0.05) is 19.3 Å². The normalized spacial score (nSPS) is 10.2. The van der Waals surface area contributed by atoms with Gasteiger partial charge in [0.15, 0.2) is 5.82 Å². The van der Waals surface area contributed by atoms with Crippen LogP contribution in [0.15, 0.2) is 34.9 Å². The Morgan fingerprint density at radius 1 is 1.40 bits per heavy atom. The summed E-state index contributed by atoms with van der Waals surface area (Å²) in [6.45, 7) is 0. The Hall–Kier alpha value is -0.900. The van der Waals surface area contributed by atoms with Gasteiger partial charge in [0.1, 0.15) is 0 Å². The molecule has 0 atom stereocenters. The number of carbonyl (C=O) groups is 1. The van der Waals surface area contributed by atoms with Crippen LogP contribution in [-0.4, -0.2) is 10.9 Å². The Labute approximate surface area is 142 Å². The fourth-order valence-electron chi connectivity index (χ4n) is 1.51. The summed E-state index contributed by atoms with van der Waals surface area (Å²) in [4.78, 5) is 16.3. The molecule has 0 aliphatic rings. The van der Waals surface area contributed by atoms with Crippen molar-refractivity contribution < 1.29 is 4.79 Å². The highest BCUT2D eigenvalue weighted by molar-refractivity contribution is 14.1. The molecule has 104 valence electrons. The Balaban J connectivity index is 2.30. The Bertz CT molecular complexity index is 668. The largest absolute Gasteiger partial charge is 0.321 e. The van der Waals surface area contributed by atoms with E-state index in [4.69, 9.17) is 17.4 Å². The van der Waals surface area contributed by atoms with Crippen LogP contribution >= 0.6 is 50.1 Å². The first-order valence-electron chi connectivity index (χ1n) is 5.40. The second kappa shape index (κ2) is 6.70. The molecule has 20 heavy (non-hydrogen) atoms. The van der Waals surface area contributed by atoms with Crippen LogP contribution < -0.4 is 16.6 Å². The molecule has 0 unspecified atom stereocenters. The molecule has 0 saturated heterocycles. The second-order valence-corrected chi connectivity index (χ2v) is 6.29. The zero-order chi connectivity index (χ0) is 14.7. The van der Waals surface area contributed by atoms with E-state index in [0.717, 1.165) is 3.57 Å². The highest BCUT2D eigenvalue weighted by atomic mass is 127. The van der Waals surface area contributed by atoms with Crippen LogP contribution in [0.5, 0.6) is 0 Å². The van der Waals surface area contributed by atoms with Crippen molar-refractivity contribution in [3.8, 4) is 0 Å². The molecule has 2 rings (SSSR count). The van der Waals surface area contributed by atoms with Crippen molar-refractivity contribution in [2.24, 2.45) is 5.84 Å². The second-order valence-electron chi connectivity index (χ2n) is 3.77. The van der Waals surface area contributed by atoms with Crippen molar-refractivity contribution in [3.63, 3.8) is 0 Å². The zero-order valence-electron chi connectivity index (χ0n) is 9.95. The predicted molar refractivity (Wildman–Crippen MR) is 91.9 cm³/mol. The lowest BCUT2D eigenvalue weighted by Gasteiger charge is -2.10. The van der Waals surface area contributed by atoms with Crippen LogP contribution in [0.25, 0.3) is 0 Å². The minimum atomic E-state index is -0.313. The molecule has 0 fully saturated rings. The van der Waals surface area contributed by atoms with Crippen molar-refractivity contribution in [2.75, 3.05) is 10.7 Å². The molecule has 0 aliphatic heterocycles. The van der Waals surface area contributed by atoms with Crippen molar-refractivity contribution in [1.82, 2.24) is 4.98 Å². The molecule has 0 saturated carbocycles. The number of hydrogen-bond donors (Lipinski definition) is 3. The summed E-state index contributed by atoms with van der Waals surface area (Å²) in [5.41, 5.74) is 3.41. The maximum absolute atomic E-state index is 12.3. The first-order valence-corrected chi connectivity index (χ1v) is 7.65. The molecule has 0 radical (unpaired) electrons. The van der Waals surface area contributed by atoms with Gasteiger partial charge in [-0.1, -0.05) is 11.6 Å². The number of nitrogens with one attached hydrogen (secondary N) is 2. The number of rotatable bonds is 3. The average molecular weight is 467 g/mol. The van der Waals surface area contributed by atoms with Gasteiger partial charge in [-0.2, -0.15) is 0 Å². The monoisotopic (exact) mass is 466 g/mol. The molecule has 1 amide bonds. The minimum Gasteiger partial charge on any atom is -0.321 e. The van der Waals surface area contributed by atoms with E-state index in [1.54, 1.807) is 30.5 Å². The number of nitrogen functional groups attached to an aromatic ring is 1.